The van der Waals surface area contributed by atoms with Crippen molar-refractivity contribution in [3.63, 3.8) is 0 Å². The molecule has 0 aromatic rings. The van der Waals surface area contributed by atoms with E-state index in [1.807, 2.05) is 0 Å². The quantitative estimate of drug-likeness (QED) is 0.699. The van der Waals surface area contributed by atoms with E-state index in [1.165, 1.54) is 19.3 Å². The van der Waals surface area contributed by atoms with E-state index in [9.17, 15) is 5.11 Å². The summed E-state index contributed by atoms with van der Waals surface area (Å²) in [6, 6.07) is 0. The number of unbranched alkanes of at least 4 members (excludes halogenated alkanes) is 2. The summed E-state index contributed by atoms with van der Waals surface area (Å²) < 4.78 is 0. The van der Waals surface area contributed by atoms with E-state index >= 15 is 0 Å². The molecule has 1 fully saturated rings. The van der Waals surface area contributed by atoms with Gasteiger partial charge in [-0.25, -0.2) is 0 Å². The van der Waals surface area contributed by atoms with Gasteiger partial charge < -0.3 is 10.4 Å². The average molecular weight is 222 g/mol. The van der Waals surface area contributed by atoms with E-state index in [2.05, 4.69) is 12.2 Å². The third kappa shape index (κ3) is 5.18. The zero-order valence-electron chi connectivity index (χ0n) is 9.17. The van der Waals surface area contributed by atoms with Gasteiger partial charge in [0.2, 0.25) is 0 Å². The highest BCUT2D eigenvalue weighted by atomic mass is 35.5. The Bertz CT molecular complexity index is 126. The second kappa shape index (κ2) is 8.51. The monoisotopic (exact) mass is 221 g/mol. The first-order valence-corrected chi connectivity index (χ1v) is 5.73. The van der Waals surface area contributed by atoms with E-state index < -0.39 is 0 Å². The number of aliphatic hydroxyl groups excluding tert-OH is 1. The number of hydrogen-bond acceptors (Lipinski definition) is 2. The summed E-state index contributed by atoms with van der Waals surface area (Å²) >= 11 is 0. The second-order valence-corrected chi connectivity index (χ2v) is 4.15. The van der Waals surface area contributed by atoms with Crippen molar-refractivity contribution in [1.29, 1.82) is 0 Å². The molecule has 0 aromatic carbocycles. The molecule has 0 bridgehead atoms. The minimum atomic E-state index is -0.0337. The highest BCUT2D eigenvalue weighted by Crippen LogP contribution is 2.20. The van der Waals surface area contributed by atoms with Gasteiger partial charge in [-0.1, -0.05) is 26.2 Å². The SMILES string of the molecule is CCCCCC(O)C1CCNCC1.Cl. The average Bonchev–Trinajstić information content (AvgIpc) is 2.19. The summed E-state index contributed by atoms with van der Waals surface area (Å²) in [4.78, 5) is 0. The van der Waals surface area contributed by atoms with Crippen LogP contribution in [0.15, 0.2) is 0 Å². The van der Waals surface area contributed by atoms with Crippen molar-refractivity contribution in [3.05, 3.63) is 0 Å². The largest absolute Gasteiger partial charge is 0.393 e. The Kier molecular flexibility index (Phi) is 8.64. The van der Waals surface area contributed by atoms with Gasteiger partial charge in [-0.2, -0.15) is 0 Å². The molecular weight excluding hydrogens is 198 g/mol. The lowest BCUT2D eigenvalue weighted by Gasteiger charge is -2.27. The van der Waals surface area contributed by atoms with Crippen LogP contribution in [-0.2, 0) is 0 Å². The normalized spacial score (nSPS) is 20.1. The Labute approximate surface area is 93.9 Å². The Balaban J connectivity index is 0.00000169. The highest BCUT2D eigenvalue weighted by Gasteiger charge is 2.20. The molecule has 1 heterocycles. The van der Waals surface area contributed by atoms with Crippen molar-refractivity contribution in [1.82, 2.24) is 5.32 Å². The van der Waals surface area contributed by atoms with Crippen LogP contribution in [0.25, 0.3) is 0 Å². The van der Waals surface area contributed by atoms with Crippen molar-refractivity contribution in [3.8, 4) is 0 Å². The number of aliphatic hydroxyl groups is 1. The molecule has 2 N–H and O–H groups in total. The number of piperidine rings is 1. The Morgan fingerprint density at radius 3 is 2.50 bits per heavy atom. The van der Waals surface area contributed by atoms with Gasteiger partial charge in [0.05, 0.1) is 6.10 Å². The van der Waals surface area contributed by atoms with Crippen molar-refractivity contribution >= 4 is 12.4 Å². The smallest absolute Gasteiger partial charge is 0.0569 e. The minimum absolute atomic E-state index is 0. The number of nitrogens with one attached hydrogen (secondary N) is 1. The van der Waals surface area contributed by atoms with Crippen molar-refractivity contribution in [2.45, 2.75) is 51.6 Å². The van der Waals surface area contributed by atoms with Gasteiger partial charge in [0.1, 0.15) is 0 Å². The maximum atomic E-state index is 9.87. The molecule has 0 amide bonds. The first kappa shape index (κ1) is 14.2. The molecule has 1 saturated heterocycles. The predicted octanol–water partition coefficient (Wildman–Crippen LogP) is 2.35. The zero-order chi connectivity index (χ0) is 9.52. The van der Waals surface area contributed by atoms with Crippen LogP contribution in [0, 0.1) is 5.92 Å². The first-order chi connectivity index (χ1) is 6.34. The molecule has 2 nitrogen and oxygen atoms in total. The molecule has 14 heavy (non-hydrogen) atoms. The molecule has 1 atom stereocenters. The molecule has 0 spiro atoms. The van der Waals surface area contributed by atoms with Crippen LogP contribution in [0.5, 0.6) is 0 Å². The lowest BCUT2D eigenvalue weighted by molar-refractivity contribution is 0.0787. The summed E-state index contributed by atoms with van der Waals surface area (Å²) in [5, 5.41) is 13.2. The molecule has 1 aliphatic heterocycles. The lowest BCUT2D eigenvalue weighted by Crippen LogP contribution is -2.34. The van der Waals surface area contributed by atoms with Crippen LogP contribution < -0.4 is 5.32 Å². The van der Waals surface area contributed by atoms with Crippen LogP contribution in [0.3, 0.4) is 0 Å². The molecule has 0 aliphatic carbocycles. The summed E-state index contributed by atoms with van der Waals surface area (Å²) in [5.74, 6) is 0.568. The Hall–Kier alpha value is 0.210. The first-order valence-electron chi connectivity index (χ1n) is 5.73. The maximum absolute atomic E-state index is 9.87. The molecule has 1 unspecified atom stereocenters. The highest BCUT2D eigenvalue weighted by molar-refractivity contribution is 5.85. The third-order valence-electron chi connectivity index (χ3n) is 3.03. The predicted molar refractivity (Wildman–Crippen MR) is 63.0 cm³/mol. The maximum Gasteiger partial charge on any atom is 0.0569 e. The minimum Gasteiger partial charge on any atom is -0.393 e. The zero-order valence-corrected chi connectivity index (χ0v) is 9.98. The molecule has 0 aromatic heterocycles. The fourth-order valence-corrected chi connectivity index (χ4v) is 2.07. The summed E-state index contributed by atoms with van der Waals surface area (Å²) in [6.45, 7) is 4.39. The summed E-state index contributed by atoms with van der Waals surface area (Å²) in [6.07, 6.45) is 7.01. The van der Waals surface area contributed by atoms with Crippen LogP contribution in [0.2, 0.25) is 0 Å². The molecule has 1 rings (SSSR count). The van der Waals surface area contributed by atoms with Gasteiger partial charge >= 0.3 is 0 Å². The van der Waals surface area contributed by atoms with Gasteiger partial charge in [0.15, 0.2) is 0 Å². The summed E-state index contributed by atoms with van der Waals surface area (Å²) in [5.41, 5.74) is 0. The van der Waals surface area contributed by atoms with Gasteiger partial charge in [0, 0.05) is 0 Å². The van der Waals surface area contributed by atoms with Gasteiger partial charge in [0.25, 0.3) is 0 Å². The van der Waals surface area contributed by atoms with Crippen molar-refractivity contribution in [2.24, 2.45) is 5.92 Å². The van der Waals surface area contributed by atoms with Crippen LogP contribution in [-0.4, -0.2) is 24.3 Å². The fraction of sp³-hybridized carbons (Fsp3) is 1.00. The van der Waals surface area contributed by atoms with Crippen molar-refractivity contribution < 1.29 is 5.11 Å². The molecule has 1 aliphatic rings. The van der Waals surface area contributed by atoms with E-state index in [4.69, 9.17) is 0 Å². The molecular formula is C11H24ClNO. The van der Waals surface area contributed by atoms with E-state index in [0.717, 1.165) is 32.4 Å². The Morgan fingerprint density at radius 1 is 1.29 bits per heavy atom. The molecule has 86 valence electrons. The van der Waals surface area contributed by atoms with E-state index in [-0.39, 0.29) is 18.5 Å². The number of halogens is 1. The summed E-state index contributed by atoms with van der Waals surface area (Å²) in [7, 11) is 0. The molecule has 3 heteroatoms. The van der Waals surface area contributed by atoms with Gasteiger partial charge in [-0.15, -0.1) is 12.4 Å². The second-order valence-electron chi connectivity index (χ2n) is 4.15. The Morgan fingerprint density at radius 2 is 1.93 bits per heavy atom. The van der Waals surface area contributed by atoms with Crippen LogP contribution in [0.1, 0.15) is 45.4 Å². The number of rotatable bonds is 5. The van der Waals surface area contributed by atoms with E-state index in [1.54, 1.807) is 0 Å². The van der Waals surface area contributed by atoms with Crippen molar-refractivity contribution in [2.75, 3.05) is 13.1 Å². The van der Waals surface area contributed by atoms with Crippen LogP contribution in [0.4, 0.5) is 0 Å². The fourth-order valence-electron chi connectivity index (χ4n) is 2.07. The van der Waals surface area contributed by atoms with E-state index in [0.29, 0.717) is 5.92 Å². The van der Waals surface area contributed by atoms with Crippen LogP contribution >= 0.6 is 12.4 Å². The van der Waals surface area contributed by atoms with Gasteiger partial charge in [-0.3, -0.25) is 0 Å². The molecule has 0 saturated carbocycles. The third-order valence-corrected chi connectivity index (χ3v) is 3.03. The standard InChI is InChI=1S/C11H23NO.ClH/c1-2-3-4-5-11(13)10-6-8-12-9-7-10;/h10-13H,2-9H2,1H3;1H. The molecule has 0 radical (unpaired) electrons. The van der Waals surface area contributed by atoms with Gasteiger partial charge in [-0.05, 0) is 38.3 Å². The number of hydrogen-bond donors (Lipinski definition) is 2. The lowest BCUT2D eigenvalue weighted by atomic mass is 9.89. The topological polar surface area (TPSA) is 32.3 Å².